The van der Waals surface area contributed by atoms with Gasteiger partial charge in [0.1, 0.15) is 23.9 Å². The van der Waals surface area contributed by atoms with Crippen LogP contribution in [0.25, 0.3) is 0 Å². The Balaban J connectivity index is 1.72. The van der Waals surface area contributed by atoms with Gasteiger partial charge in [-0.05, 0) is 55.1 Å². The predicted molar refractivity (Wildman–Crippen MR) is 248 cm³/mol. The van der Waals surface area contributed by atoms with Crippen molar-refractivity contribution in [2.75, 3.05) is 41.4 Å². The van der Waals surface area contributed by atoms with Crippen molar-refractivity contribution in [3.8, 4) is 0 Å². The standard InChI is InChI=1S/C49H75FN6O11/c1-12-31(6)44(54(9)48(63)42(29(2)3)52-47(62)43(30(4)5)53(8)38(57)22-14-13-17-25-56-39(58)23-24-40(56)59)37(66-10)28-41(60)55-26-18-21-36(55)45(67-11)32(7)46(61)51-35(49(64)65)27-33-19-15-16-20-34(33)50/h15-16,19-20,23-24,29-32,35-37,42-45H,12-14,17-18,21-22,25-28H2,1-11H3,(H,51,61)(H,52,62)(H,64,65)/t31-,32+,35-,36-,37?,42-,43?,44?,45?/m0/s1. The molecule has 18 heteroatoms. The second kappa shape index (κ2) is 26.3. The van der Waals surface area contributed by atoms with Crippen molar-refractivity contribution < 1.29 is 57.3 Å². The van der Waals surface area contributed by atoms with Gasteiger partial charge in [0.2, 0.25) is 29.5 Å². The number of carboxylic acid groups (broad SMARTS) is 1. The molecule has 3 rings (SSSR count). The van der Waals surface area contributed by atoms with Crippen molar-refractivity contribution in [1.29, 1.82) is 0 Å². The molecule has 2 heterocycles. The molecule has 0 saturated carbocycles. The van der Waals surface area contributed by atoms with Gasteiger partial charge in [0, 0.05) is 66.4 Å². The number of imide groups is 1. The number of halogens is 1. The van der Waals surface area contributed by atoms with Crippen molar-refractivity contribution >= 4 is 47.3 Å². The molecule has 67 heavy (non-hydrogen) atoms. The summed E-state index contributed by atoms with van der Waals surface area (Å²) in [4.78, 5) is 111. The summed E-state index contributed by atoms with van der Waals surface area (Å²) < 4.78 is 26.3. The van der Waals surface area contributed by atoms with E-state index in [0.717, 1.165) is 4.90 Å². The van der Waals surface area contributed by atoms with Gasteiger partial charge >= 0.3 is 5.97 Å². The third-order valence-electron chi connectivity index (χ3n) is 13.4. The van der Waals surface area contributed by atoms with Gasteiger partial charge in [-0.25, -0.2) is 9.18 Å². The molecule has 3 N–H and O–H groups in total. The highest BCUT2D eigenvalue weighted by Gasteiger charge is 2.44. The Morgan fingerprint density at radius 1 is 0.866 bits per heavy atom. The zero-order valence-corrected chi connectivity index (χ0v) is 41.3. The van der Waals surface area contributed by atoms with Gasteiger partial charge in [0.15, 0.2) is 0 Å². The fourth-order valence-electron chi connectivity index (χ4n) is 9.30. The quantitative estimate of drug-likeness (QED) is 0.0849. The van der Waals surface area contributed by atoms with E-state index in [9.17, 15) is 47.9 Å². The molecular formula is C49H75FN6O11. The molecule has 2 aliphatic heterocycles. The van der Waals surface area contributed by atoms with E-state index in [2.05, 4.69) is 10.6 Å². The summed E-state index contributed by atoms with van der Waals surface area (Å²) in [6.07, 6.45) is 4.04. The van der Waals surface area contributed by atoms with E-state index >= 15 is 0 Å². The van der Waals surface area contributed by atoms with E-state index in [0.29, 0.717) is 45.1 Å². The first kappa shape index (κ1) is 56.1. The second-order valence-corrected chi connectivity index (χ2v) is 18.7. The van der Waals surface area contributed by atoms with Crippen LogP contribution in [0, 0.1) is 29.5 Å². The van der Waals surface area contributed by atoms with Crippen LogP contribution in [-0.4, -0.2) is 156 Å². The Labute approximate surface area is 395 Å². The lowest BCUT2D eigenvalue weighted by atomic mass is 9.89. The average Bonchev–Trinajstić information content (AvgIpc) is 3.90. The van der Waals surface area contributed by atoms with E-state index in [-0.39, 0.29) is 72.8 Å². The zero-order chi connectivity index (χ0) is 50.3. The Kier molecular flexibility index (Phi) is 22.1. The molecule has 7 amide bonds. The number of carbonyl (C=O) groups excluding carboxylic acids is 7. The summed E-state index contributed by atoms with van der Waals surface area (Å²) in [5, 5.41) is 15.4. The first-order valence-corrected chi connectivity index (χ1v) is 23.6. The van der Waals surface area contributed by atoms with Gasteiger partial charge in [-0.3, -0.25) is 38.5 Å². The molecule has 0 aliphatic carbocycles. The van der Waals surface area contributed by atoms with Gasteiger partial charge in [-0.2, -0.15) is 0 Å². The molecule has 1 aromatic carbocycles. The van der Waals surface area contributed by atoms with Gasteiger partial charge in [0.05, 0.1) is 36.6 Å². The Morgan fingerprint density at radius 2 is 1.51 bits per heavy atom. The first-order valence-electron chi connectivity index (χ1n) is 23.6. The van der Waals surface area contributed by atoms with Gasteiger partial charge in [0.25, 0.3) is 11.8 Å². The number of aliphatic carboxylic acids is 1. The van der Waals surface area contributed by atoms with E-state index in [1.807, 2.05) is 41.5 Å². The van der Waals surface area contributed by atoms with E-state index in [1.165, 1.54) is 49.5 Å². The maximum absolute atomic E-state index is 14.6. The molecule has 0 aromatic heterocycles. The van der Waals surface area contributed by atoms with Gasteiger partial charge < -0.3 is 39.9 Å². The fraction of sp³-hybridized carbons (Fsp3) is 0.673. The molecule has 374 valence electrons. The molecule has 1 aromatic rings. The number of hydrogen-bond acceptors (Lipinski definition) is 10. The Bertz CT molecular complexity index is 1910. The van der Waals surface area contributed by atoms with Crippen LogP contribution in [-0.2, 0) is 54.3 Å². The minimum Gasteiger partial charge on any atom is -0.480 e. The van der Waals surface area contributed by atoms with Crippen LogP contribution in [0.2, 0.25) is 0 Å². The lowest BCUT2D eigenvalue weighted by Crippen LogP contribution is -2.60. The number of carbonyl (C=O) groups is 8. The molecule has 0 bridgehead atoms. The third kappa shape index (κ3) is 14.9. The van der Waals surface area contributed by atoms with E-state index in [1.54, 1.807) is 36.9 Å². The van der Waals surface area contributed by atoms with Crippen LogP contribution in [0.5, 0.6) is 0 Å². The number of likely N-dealkylation sites (tertiary alicyclic amines) is 1. The molecule has 4 unspecified atom stereocenters. The Morgan fingerprint density at radius 3 is 2.06 bits per heavy atom. The topological polar surface area (TPSA) is 212 Å². The highest BCUT2D eigenvalue weighted by molar-refractivity contribution is 6.12. The largest absolute Gasteiger partial charge is 0.480 e. The highest BCUT2D eigenvalue weighted by atomic mass is 19.1. The molecule has 2 aliphatic rings. The number of amides is 7. The Hall–Kier alpha value is -5.23. The van der Waals surface area contributed by atoms with Crippen molar-refractivity contribution in [1.82, 2.24) is 30.2 Å². The lowest BCUT2D eigenvalue weighted by Gasteiger charge is -2.41. The minimum absolute atomic E-state index is 0.118. The summed E-state index contributed by atoms with van der Waals surface area (Å²) in [7, 11) is 6.11. The van der Waals surface area contributed by atoms with E-state index < -0.39 is 77.8 Å². The minimum atomic E-state index is -1.41. The number of rotatable bonds is 27. The smallest absolute Gasteiger partial charge is 0.326 e. The van der Waals surface area contributed by atoms with E-state index in [4.69, 9.17) is 9.47 Å². The summed E-state index contributed by atoms with van der Waals surface area (Å²) in [6, 6.07) is 1.32. The molecular weight excluding hydrogens is 868 g/mol. The predicted octanol–water partition coefficient (Wildman–Crippen LogP) is 3.97. The van der Waals surface area contributed by atoms with Crippen LogP contribution in [0.3, 0.4) is 0 Å². The summed E-state index contributed by atoms with van der Waals surface area (Å²) in [6.45, 7) is 13.4. The number of likely N-dealkylation sites (N-methyl/N-ethyl adjacent to an activating group) is 2. The number of carboxylic acids is 1. The number of unbranched alkanes of at least 4 members (excludes halogenated alkanes) is 2. The normalized spacial score (nSPS) is 18.6. The molecule has 17 nitrogen and oxygen atoms in total. The van der Waals surface area contributed by atoms with Crippen LogP contribution in [0.15, 0.2) is 36.4 Å². The third-order valence-corrected chi connectivity index (χ3v) is 13.4. The maximum Gasteiger partial charge on any atom is 0.326 e. The van der Waals surface area contributed by atoms with Crippen molar-refractivity contribution in [3.63, 3.8) is 0 Å². The number of ether oxygens (including phenoxy) is 2. The first-order chi connectivity index (χ1) is 31.6. The van der Waals surface area contributed by atoms with Gasteiger partial charge in [-0.1, -0.05) is 79.5 Å². The van der Waals surface area contributed by atoms with Crippen molar-refractivity contribution in [3.05, 3.63) is 47.8 Å². The summed E-state index contributed by atoms with van der Waals surface area (Å²) in [5.41, 5.74) is 0.142. The van der Waals surface area contributed by atoms with Crippen LogP contribution < -0.4 is 10.6 Å². The zero-order valence-electron chi connectivity index (χ0n) is 41.3. The highest BCUT2D eigenvalue weighted by Crippen LogP contribution is 2.30. The maximum atomic E-state index is 14.6. The van der Waals surface area contributed by atoms with Crippen LogP contribution in [0.1, 0.15) is 105 Å². The fourth-order valence-corrected chi connectivity index (χ4v) is 9.30. The number of hydrogen-bond donors (Lipinski definition) is 3. The molecule has 0 spiro atoms. The lowest BCUT2D eigenvalue weighted by molar-refractivity contribution is -0.149. The molecule has 1 fully saturated rings. The number of benzene rings is 1. The van der Waals surface area contributed by atoms with Crippen LogP contribution >= 0.6 is 0 Å². The number of methoxy groups -OCH3 is 2. The monoisotopic (exact) mass is 943 g/mol. The van der Waals surface area contributed by atoms with Crippen LogP contribution in [0.4, 0.5) is 4.39 Å². The molecule has 0 radical (unpaired) electrons. The molecule has 1 saturated heterocycles. The summed E-state index contributed by atoms with van der Waals surface area (Å²) >= 11 is 0. The SMILES string of the molecule is CC[C@H](C)C(C(CC(=O)N1CCC[C@H]1C(OC)[C@@H](C)C(=O)N[C@@H](Cc1ccccc1F)C(=O)O)OC)N(C)C(=O)[C@@H](NC(=O)C(C(C)C)N(C)C(=O)CCCCCN1C(=O)C=CC1=O)C(C)C. The second-order valence-electron chi connectivity index (χ2n) is 18.7. The summed E-state index contributed by atoms with van der Waals surface area (Å²) in [5.74, 6) is -6.36. The average molecular weight is 943 g/mol. The molecule has 9 atom stereocenters. The van der Waals surface area contributed by atoms with Gasteiger partial charge in [-0.15, -0.1) is 0 Å². The number of nitrogens with zero attached hydrogens (tertiary/aromatic N) is 4. The van der Waals surface area contributed by atoms with Crippen molar-refractivity contribution in [2.45, 2.75) is 149 Å². The number of nitrogens with one attached hydrogen (secondary N) is 2. The van der Waals surface area contributed by atoms with Crippen molar-refractivity contribution in [2.24, 2.45) is 23.7 Å².